The summed E-state index contributed by atoms with van der Waals surface area (Å²) in [5.74, 6) is 0.166. The third-order valence-corrected chi connectivity index (χ3v) is 10.1. The second-order valence-electron chi connectivity index (χ2n) is 9.78. The zero-order valence-corrected chi connectivity index (χ0v) is 39.9. The molecule has 0 saturated heterocycles. The molecule has 238 valence electrons. The molecule has 4 aromatic carbocycles. The molecule has 0 unspecified atom stereocenters. The van der Waals surface area contributed by atoms with E-state index in [2.05, 4.69) is 19.9 Å². The van der Waals surface area contributed by atoms with Crippen LogP contribution in [0, 0.1) is 0 Å². The third-order valence-electron chi connectivity index (χ3n) is 6.82. The number of benzene rings is 4. The van der Waals surface area contributed by atoms with Crippen LogP contribution in [0.1, 0.15) is 0 Å². The molecule has 0 aliphatic heterocycles. The predicted molar refractivity (Wildman–Crippen MR) is 154 cm³/mol. The van der Waals surface area contributed by atoms with Crippen LogP contribution >= 0.6 is 0 Å². The standard InChI is InChI=1S/C26H18N4O12S4.2K.2Na/c31-43(32,33)17-9-19-23(21(11-17)45(37,38)39)29-25(27-19)15-5-1-13(2-6-15)14-3-7-16(8-4-14)26-28-20-10-18(44(34,35)36)12-22(24(20)30-26)46(40,41)42;;;;/h1-12H,(H,27,29)(H,28,30)(H,31,32,33)(H,34,35,36)(H,37,38,39)(H,40,41,42);;;;/q;4*+1/p-4. The first-order chi connectivity index (χ1) is 21.3. The number of aromatic amines is 2. The molecule has 2 aromatic heterocycles. The van der Waals surface area contributed by atoms with Crippen LogP contribution in [0.3, 0.4) is 0 Å². The molecule has 24 heteroatoms. The quantitative estimate of drug-likeness (QED) is 0.112. The molecule has 50 heavy (non-hydrogen) atoms. The molecule has 0 aliphatic carbocycles. The van der Waals surface area contributed by atoms with Crippen LogP contribution in [0.15, 0.2) is 92.4 Å². The van der Waals surface area contributed by atoms with E-state index in [4.69, 9.17) is 0 Å². The molecule has 2 heterocycles. The maximum atomic E-state index is 11.8. The van der Waals surface area contributed by atoms with E-state index in [0.717, 1.165) is 12.1 Å². The van der Waals surface area contributed by atoms with Gasteiger partial charge in [-0.3, -0.25) is 0 Å². The fourth-order valence-electron chi connectivity index (χ4n) is 4.71. The van der Waals surface area contributed by atoms with Crippen LogP contribution in [0.25, 0.3) is 56.0 Å². The minimum atomic E-state index is -5.19. The summed E-state index contributed by atoms with van der Waals surface area (Å²) < 4.78 is 139. The van der Waals surface area contributed by atoms with Crippen molar-refractivity contribution < 1.29 is 214 Å². The summed E-state index contributed by atoms with van der Waals surface area (Å²) in [7, 11) is -20.6. The van der Waals surface area contributed by atoms with Crippen molar-refractivity contribution in [3.8, 4) is 33.9 Å². The van der Waals surface area contributed by atoms with Gasteiger partial charge in [0.25, 0.3) is 0 Å². The molecule has 0 amide bonds. The first-order valence-corrected chi connectivity index (χ1v) is 18.0. The third kappa shape index (κ3) is 10.1. The Morgan fingerprint density at radius 1 is 0.440 bits per heavy atom. The van der Waals surface area contributed by atoms with E-state index in [1.165, 1.54) is 0 Å². The van der Waals surface area contributed by atoms with Gasteiger partial charge in [0.2, 0.25) is 0 Å². The Labute approximate surface area is 414 Å². The van der Waals surface area contributed by atoms with E-state index in [0.29, 0.717) is 34.4 Å². The molecule has 6 rings (SSSR count). The van der Waals surface area contributed by atoms with E-state index in [-0.39, 0.29) is 196 Å². The molecule has 0 saturated carbocycles. The molecular weight excluding hydrogens is 813 g/mol. The maximum Gasteiger partial charge on any atom is 1.00 e. The van der Waals surface area contributed by atoms with Gasteiger partial charge in [-0.15, -0.1) is 0 Å². The number of fused-ring (bicyclic) bond motifs is 2. The molecule has 16 nitrogen and oxygen atoms in total. The van der Waals surface area contributed by atoms with Crippen molar-refractivity contribution in [2.24, 2.45) is 0 Å². The van der Waals surface area contributed by atoms with Crippen molar-refractivity contribution >= 4 is 62.5 Å². The van der Waals surface area contributed by atoms with Crippen molar-refractivity contribution in [2.45, 2.75) is 19.6 Å². The molecule has 0 radical (unpaired) electrons. The predicted octanol–water partition coefficient (Wildman–Crippen LogP) is -9.93. The Bertz CT molecular complexity index is 2500. The fraction of sp³-hybridized carbons (Fsp3) is 0. The zero-order chi connectivity index (χ0) is 33.4. The van der Waals surface area contributed by atoms with Crippen molar-refractivity contribution in [3.63, 3.8) is 0 Å². The number of rotatable bonds is 7. The molecule has 6 aromatic rings. The summed E-state index contributed by atoms with van der Waals surface area (Å²) >= 11 is 0. The van der Waals surface area contributed by atoms with E-state index in [1.54, 1.807) is 48.5 Å². The maximum absolute atomic E-state index is 11.8. The van der Waals surface area contributed by atoms with Gasteiger partial charge in [-0.2, -0.15) is 0 Å². The number of nitrogens with zero attached hydrogens (tertiary/aromatic N) is 2. The first kappa shape index (κ1) is 46.9. The van der Waals surface area contributed by atoms with E-state index >= 15 is 0 Å². The summed E-state index contributed by atoms with van der Waals surface area (Å²) in [6, 6.07) is 15.8. The van der Waals surface area contributed by atoms with Gasteiger partial charge < -0.3 is 28.2 Å². The van der Waals surface area contributed by atoms with Crippen LogP contribution in [0.2, 0.25) is 0 Å². The summed E-state index contributed by atoms with van der Waals surface area (Å²) in [6.07, 6.45) is 0. The Morgan fingerprint density at radius 2 is 0.720 bits per heavy atom. The Hall–Kier alpha value is 0.733. The van der Waals surface area contributed by atoms with Crippen LogP contribution in [-0.2, 0) is 40.5 Å². The van der Waals surface area contributed by atoms with Crippen molar-refractivity contribution in [1.82, 2.24) is 19.9 Å². The van der Waals surface area contributed by atoms with Crippen LogP contribution in [0.4, 0.5) is 0 Å². The van der Waals surface area contributed by atoms with Crippen molar-refractivity contribution in [2.75, 3.05) is 0 Å². The van der Waals surface area contributed by atoms with Gasteiger partial charge in [0.1, 0.15) is 63.2 Å². The Balaban J connectivity index is 0.00000217. The summed E-state index contributed by atoms with van der Waals surface area (Å²) in [6.45, 7) is 0. The molecule has 2 N–H and O–H groups in total. The molecular formula is C26H14K2N4Na2O12S4. The minimum Gasteiger partial charge on any atom is -0.744 e. The van der Waals surface area contributed by atoms with Crippen LogP contribution in [0.5, 0.6) is 0 Å². The van der Waals surface area contributed by atoms with E-state index < -0.39 is 60.1 Å². The summed E-state index contributed by atoms with van der Waals surface area (Å²) in [5, 5.41) is 0. The largest absolute Gasteiger partial charge is 1.00 e. The Morgan fingerprint density at radius 3 is 0.980 bits per heavy atom. The molecule has 0 bridgehead atoms. The molecule has 0 aliphatic rings. The average molecular weight is 827 g/mol. The minimum absolute atomic E-state index is 0. The first-order valence-electron chi connectivity index (χ1n) is 12.4. The zero-order valence-electron chi connectivity index (χ0n) is 26.4. The SMILES string of the molecule is O=S(=O)([O-])c1cc(S(=O)(=O)[O-])c2nc(-c3ccc(-c4ccc(-c5nc6c(S(=O)(=O)[O-])cc(S(=O)(=O)[O-])cc6[nH]5)cc4)cc3)[nH]c2c1.[K+].[K+].[Na+].[Na+]. The van der Waals surface area contributed by atoms with Gasteiger partial charge in [-0.1, -0.05) is 48.5 Å². The van der Waals surface area contributed by atoms with Gasteiger partial charge in [0.05, 0.1) is 30.6 Å². The number of aromatic nitrogens is 4. The molecule has 0 atom stereocenters. The number of H-pyrrole nitrogens is 2. The van der Waals surface area contributed by atoms with Gasteiger partial charge in [0.15, 0.2) is 0 Å². The van der Waals surface area contributed by atoms with Crippen molar-refractivity contribution in [3.05, 3.63) is 72.8 Å². The fourth-order valence-corrected chi connectivity index (χ4v) is 7.23. The Kier molecular flexibility index (Phi) is 16.2. The van der Waals surface area contributed by atoms with Gasteiger partial charge in [0, 0.05) is 11.1 Å². The van der Waals surface area contributed by atoms with E-state index in [1.807, 2.05) is 0 Å². The topological polar surface area (TPSA) is 286 Å². The molecule has 0 fully saturated rings. The second kappa shape index (κ2) is 17.3. The van der Waals surface area contributed by atoms with Crippen LogP contribution in [-0.4, -0.2) is 71.8 Å². The normalized spacial score (nSPS) is 12.0. The number of hydrogen-bond acceptors (Lipinski definition) is 14. The smallest absolute Gasteiger partial charge is 0.744 e. The monoisotopic (exact) mass is 826 g/mol. The number of hydrogen-bond donors (Lipinski definition) is 2. The van der Waals surface area contributed by atoms with Gasteiger partial charge >= 0.3 is 162 Å². The summed E-state index contributed by atoms with van der Waals surface area (Å²) in [5.41, 5.74) is 1.22. The second-order valence-corrected chi connectivity index (χ2v) is 15.2. The average Bonchev–Trinajstić information content (AvgIpc) is 3.59. The van der Waals surface area contributed by atoms with Crippen molar-refractivity contribution in [1.29, 1.82) is 0 Å². The van der Waals surface area contributed by atoms with Gasteiger partial charge in [-0.05, 0) is 35.4 Å². The summed E-state index contributed by atoms with van der Waals surface area (Å²) in [4.78, 5) is 9.93. The molecule has 0 spiro atoms. The number of imidazole rings is 2. The van der Waals surface area contributed by atoms with Gasteiger partial charge in [-0.25, -0.2) is 43.6 Å². The van der Waals surface area contributed by atoms with Crippen LogP contribution < -0.4 is 162 Å². The van der Waals surface area contributed by atoms with E-state index in [9.17, 15) is 51.9 Å². The number of nitrogens with one attached hydrogen (secondary N) is 2.